The molecule has 5 rings (SSSR count). The van der Waals surface area contributed by atoms with E-state index in [-0.39, 0.29) is 25.1 Å². The molecule has 2 atom stereocenters. The summed E-state index contributed by atoms with van der Waals surface area (Å²) in [6.45, 7) is 7.43. The third-order valence-corrected chi connectivity index (χ3v) is 8.18. The normalized spacial score (nSPS) is 20.3. The third kappa shape index (κ3) is 7.33. The first-order valence-corrected chi connectivity index (χ1v) is 15.4. The number of imide groups is 1. The Kier molecular flexibility index (Phi) is 9.44. The standard InChI is InChI=1S/C34H39N5O8/c1-33(2,3)47-32(44)38-16-6-15-37(17-18-38)27(29(41)46-5)23-9-7-22(8-10-23)13-14-34(30(42)35-31(43)36-34)21-39-20-24-11-12-25(45-4)19-26(24)28(39)40/h7-12,19,27H,6,15-18,20-21H2,1-5H3,(H2,35,36,42,43)/t27?,34-/m0/s1. The Morgan fingerprint density at radius 1 is 1.00 bits per heavy atom. The second kappa shape index (κ2) is 13.3. The Labute approximate surface area is 273 Å². The van der Waals surface area contributed by atoms with Gasteiger partial charge in [0.2, 0.25) is 5.54 Å². The first-order chi connectivity index (χ1) is 22.3. The molecule has 248 valence electrons. The van der Waals surface area contributed by atoms with Crippen LogP contribution in [-0.4, -0.2) is 103 Å². The molecule has 0 saturated carbocycles. The Morgan fingerprint density at radius 3 is 2.38 bits per heavy atom. The number of hydrogen-bond donors (Lipinski definition) is 2. The summed E-state index contributed by atoms with van der Waals surface area (Å²) in [5.74, 6) is 5.03. The maximum Gasteiger partial charge on any atom is 0.410 e. The summed E-state index contributed by atoms with van der Waals surface area (Å²) >= 11 is 0. The lowest BCUT2D eigenvalue weighted by Gasteiger charge is -2.29. The molecule has 0 radical (unpaired) electrons. The summed E-state index contributed by atoms with van der Waals surface area (Å²) < 4.78 is 15.9. The minimum Gasteiger partial charge on any atom is -0.497 e. The summed E-state index contributed by atoms with van der Waals surface area (Å²) in [6.07, 6.45) is 0.255. The molecule has 0 spiro atoms. The molecule has 3 aliphatic heterocycles. The van der Waals surface area contributed by atoms with Crippen LogP contribution >= 0.6 is 0 Å². The fourth-order valence-corrected chi connectivity index (χ4v) is 5.85. The van der Waals surface area contributed by atoms with E-state index in [9.17, 15) is 24.0 Å². The molecule has 1 unspecified atom stereocenters. The predicted octanol–water partition coefficient (Wildman–Crippen LogP) is 2.44. The van der Waals surface area contributed by atoms with Crippen LogP contribution in [0.15, 0.2) is 42.5 Å². The van der Waals surface area contributed by atoms with Crippen LogP contribution in [0.5, 0.6) is 5.75 Å². The Hall–Kier alpha value is -5.09. The van der Waals surface area contributed by atoms with Gasteiger partial charge < -0.3 is 29.3 Å². The van der Waals surface area contributed by atoms with E-state index in [1.165, 1.54) is 19.1 Å². The lowest BCUT2D eigenvalue weighted by molar-refractivity contribution is -0.147. The fourth-order valence-electron chi connectivity index (χ4n) is 5.85. The van der Waals surface area contributed by atoms with Crippen LogP contribution in [-0.2, 0) is 25.6 Å². The SMILES string of the molecule is COC(=O)C(c1ccc(C#C[C@@]2(CN3Cc4ccc(OC)cc4C3=O)NC(=O)NC2=O)cc1)N1CCCN(C(=O)OC(C)(C)C)CC1. The Bertz CT molecular complexity index is 1640. The van der Waals surface area contributed by atoms with E-state index < -0.39 is 35.1 Å². The lowest BCUT2D eigenvalue weighted by Crippen LogP contribution is -2.54. The Balaban J connectivity index is 1.33. The number of amides is 5. The molecule has 13 nitrogen and oxygen atoms in total. The van der Waals surface area contributed by atoms with Gasteiger partial charge in [0.25, 0.3) is 11.8 Å². The molecule has 3 aliphatic rings. The van der Waals surface area contributed by atoms with E-state index in [2.05, 4.69) is 22.5 Å². The predicted molar refractivity (Wildman–Crippen MR) is 169 cm³/mol. The summed E-state index contributed by atoms with van der Waals surface area (Å²) in [6, 6.07) is 10.7. The zero-order valence-electron chi connectivity index (χ0n) is 27.2. The number of nitrogens with zero attached hydrogens (tertiary/aromatic N) is 3. The van der Waals surface area contributed by atoms with Crippen LogP contribution in [0.2, 0.25) is 0 Å². The average Bonchev–Trinajstić information content (AvgIpc) is 3.35. The van der Waals surface area contributed by atoms with Crippen LogP contribution in [0.3, 0.4) is 0 Å². The molecule has 47 heavy (non-hydrogen) atoms. The number of benzene rings is 2. The number of methoxy groups -OCH3 is 2. The van der Waals surface area contributed by atoms with Gasteiger partial charge in [-0.05, 0) is 62.6 Å². The van der Waals surface area contributed by atoms with Gasteiger partial charge in [0, 0.05) is 43.9 Å². The number of carbonyl (C=O) groups excluding carboxylic acids is 5. The van der Waals surface area contributed by atoms with Gasteiger partial charge in [0.1, 0.15) is 17.4 Å². The van der Waals surface area contributed by atoms with Crippen molar-refractivity contribution in [1.82, 2.24) is 25.3 Å². The molecular weight excluding hydrogens is 606 g/mol. The minimum absolute atomic E-state index is 0.162. The van der Waals surface area contributed by atoms with E-state index in [1.807, 2.05) is 25.7 Å². The minimum atomic E-state index is -1.67. The maximum absolute atomic E-state index is 13.2. The van der Waals surface area contributed by atoms with Gasteiger partial charge in [-0.15, -0.1) is 0 Å². The van der Waals surface area contributed by atoms with Crippen molar-refractivity contribution in [1.29, 1.82) is 0 Å². The van der Waals surface area contributed by atoms with Crippen molar-refractivity contribution in [2.75, 3.05) is 46.9 Å². The fraction of sp³-hybridized carbons (Fsp3) is 0.441. The average molecular weight is 646 g/mol. The second-order valence-corrected chi connectivity index (χ2v) is 12.7. The molecule has 2 N–H and O–H groups in total. The quantitative estimate of drug-likeness (QED) is 0.275. The van der Waals surface area contributed by atoms with Crippen molar-refractivity contribution in [3.05, 3.63) is 64.7 Å². The molecule has 0 bridgehead atoms. The molecule has 2 fully saturated rings. The monoisotopic (exact) mass is 645 g/mol. The van der Waals surface area contributed by atoms with Crippen molar-refractivity contribution >= 4 is 29.9 Å². The summed E-state index contributed by atoms with van der Waals surface area (Å²) in [7, 11) is 2.85. The number of esters is 1. The lowest BCUT2D eigenvalue weighted by atomic mass is 9.98. The molecule has 2 aromatic carbocycles. The highest BCUT2D eigenvalue weighted by molar-refractivity contribution is 6.10. The highest BCUT2D eigenvalue weighted by Gasteiger charge is 2.48. The largest absolute Gasteiger partial charge is 0.497 e. The van der Waals surface area contributed by atoms with Gasteiger partial charge in [-0.1, -0.05) is 30.0 Å². The molecular formula is C34H39N5O8. The van der Waals surface area contributed by atoms with Crippen LogP contribution in [0.4, 0.5) is 9.59 Å². The highest BCUT2D eigenvalue weighted by atomic mass is 16.6. The molecule has 5 amide bonds. The van der Waals surface area contributed by atoms with E-state index in [0.29, 0.717) is 55.0 Å². The Morgan fingerprint density at radius 2 is 1.74 bits per heavy atom. The van der Waals surface area contributed by atoms with Gasteiger partial charge >= 0.3 is 18.1 Å². The topological polar surface area (TPSA) is 147 Å². The number of urea groups is 1. The third-order valence-electron chi connectivity index (χ3n) is 8.18. The van der Waals surface area contributed by atoms with E-state index >= 15 is 0 Å². The molecule has 0 aliphatic carbocycles. The smallest absolute Gasteiger partial charge is 0.410 e. The van der Waals surface area contributed by atoms with Crippen molar-refractivity contribution in [2.45, 2.75) is 50.9 Å². The van der Waals surface area contributed by atoms with Crippen molar-refractivity contribution in [3.8, 4) is 17.6 Å². The molecule has 3 heterocycles. The van der Waals surface area contributed by atoms with Gasteiger partial charge in [-0.25, -0.2) is 14.4 Å². The zero-order chi connectivity index (χ0) is 33.9. The van der Waals surface area contributed by atoms with Crippen molar-refractivity contribution < 1.29 is 38.2 Å². The molecule has 13 heteroatoms. The number of carbonyl (C=O) groups is 5. The number of fused-ring (bicyclic) bond motifs is 1. The number of ether oxygens (including phenoxy) is 3. The molecule has 2 aromatic rings. The van der Waals surface area contributed by atoms with Crippen molar-refractivity contribution in [3.63, 3.8) is 0 Å². The first-order valence-electron chi connectivity index (χ1n) is 15.4. The first kappa shape index (κ1) is 33.3. The zero-order valence-corrected chi connectivity index (χ0v) is 27.2. The summed E-state index contributed by atoms with van der Waals surface area (Å²) in [5.41, 5.74) is 0.166. The van der Waals surface area contributed by atoms with Crippen LogP contribution in [0, 0.1) is 11.8 Å². The van der Waals surface area contributed by atoms with E-state index in [4.69, 9.17) is 14.2 Å². The van der Waals surface area contributed by atoms with Gasteiger partial charge in [-0.3, -0.25) is 19.8 Å². The summed E-state index contributed by atoms with van der Waals surface area (Å²) in [5, 5.41) is 4.85. The molecule has 2 saturated heterocycles. The molecule has 0 aromatic heterocycles. The van der Waals surface area contributed by atoms with Gasteiger partial charge in [0.15, 0.2) is 0 Å². The van der Waals surface area contributed by atoms with Crippen LogP contribution in [0.25, 0.3) is 0 Å². The number of hydrogen-bond acceptors (Lipinski definition) is 9. The maximum atomic E-state index is 13.2. The van der Waals surface area contributed by atoms with E-state index in [0.717, 1.165) is 5.56 Å². The highest BCUT2D eigenvalue weighted by Crippen LogP contribution is 2.29. The van der Waals surface area contributed by atoms with Crippen LogP contribution < -0.4 is 15.4 Å². The van der Waals surface area contributed by atoms with Gasteiger partial charge in [-0.2, -0.15) is 0 Å². The van der Waals surface area contributed by atoms with Crippen LogP contribution in [0.1, 0.15) is 60.3 Å². The van der Waals surface area contributed by atoms with E-state index in [1.54, 1.807) is 47.4 Å². The number of nitrogens with one attached hydrogen (secondary N) is 2. The van der Waals surface area contributed by atoms with Gasteiger partial charge in [0.05, 0.1) is 20.8 Å². The summed E-state index contributed by atoms with van der Waals surface area (Å²) in [4.78, 5) is 69.2. The van der Waals surface area contributed by atoms with Crippen molar-refractivity contribution in [2.24, 2.45) is 0 Å². The second-order valence-electron chi connectivity index (χ2n) is 12.7. The number of rotatable bonds is 6.